The van der Waals surface area contributed by atoms with Crippen molar-refractivity contribution in [1.82, 2.24) is 9.80 Å². The molecule has 0 aromatic heterocycles. The molecule has 0 unspecified atom stereocenters. The first-order valence-electron chi connectivity index (χ1n) is 15.0. The zero-order valence-corrected chi connectivity index (χ0v) is 23.3. The van der Waals surface area contributed by atoms with Gasteiger partial charge in [0.2, 0.25) is 0 Å². The quantitative estimate of drug-likeness (QED) is 0.250. The molecule has 0 aliphatic carbocycles. The summed E-state index contributed by atoms with van der Waals surface area (Å²) >= 11 is 0. The summed E-state index contributed by atoms with van der Waals surface area (Å²) in [5.41, 5.74) is 4.19. The van der Waals surface area contributed by atoms with Crippen LogP contribution in [0.2, 0.25) is 0 Å². The Morgan fingerprint density at radius 3 is 1.92 bits per heavy atom. The first-order valence-corrected chi connectivity index (χ1v) is 15.0. The van der Waals surface area contributed by atoms with E-state index in [0.29, 0.717) is 12.0 Å². The molecule has 3 aromatic carbocycles. The Balaban J connectivity index is 1.10. The van der Waals surface area contributed by atoms with Gasteiger partial charge in [0.1, 0.15) is 11.9 Å². The van der Waals surface area contributed by atoms with Crippen molar-refractivity contribution in [3.63, 3.8) is 0 Å². The van der Waals surface area contributed by atoms with E-state index < -0.39 is 0 Å². The molecule has 2 aliphatic rings. The van der Waals surface area contributed by atoms with E-state index in [1.165, 1.54) is 62.0 Å². The van der Waals surface area contributed by atoms with Crippen LogP contribution in [-0.2, 0) is 6.42 Å². The van der Waals surface area contributed by atoms with Gasteiger partial charge in [-0.15, -0.1) is 0 Å². The topological polar surface area (TPSA) is 15.7 Å². The number of hydrogen-bond acceptors (Lipinski definition) is 3. The number of unbranched alkanes of at least 4 members (excludes halogenated alkanes) is 1. The van der Waals surface area contributed by atoms with Gasteiger partial charge in [-0.05, 0) is 93.3 Å². The smallest absolute Gasteiger partial charge is 0.122 e. The molecule has 0 amide bonds. The lowest BCUT2D eigenvalue weighted by Gasteiger charge is -2.35. The van der Waals surface area contributed by atoms with Crippen molar-refractivity contribution in [3.8, 4) is 5.75 Å². The molecule has 2 aliphatic heterocycles. The molecule has 202 valence electrons. The van der Waals surface area contributed by atoms with E-state index in [0.717, 1.165) is 50.6 Å². The Labute approximate surface area is 230 Å². The molecule has 38 heavy (non-hydrogen) atoms. The third kappa shape index (κ3) is 7.71. The largest absolute Gasteiger partial charge is 0.490 e. The minimum absolute atomic E-state index is 0.314. The Morgan fingerprint density at radius 1 is 0.684 bits per heavy atom. The fraction of sp³-hybridized carbons (Fsp3) is 0.486. The van der Waals surface area contributed by atoms with Crippen LogP contribution in [0.15, 0.2) is 84.9 Å². The number of piperidine rings is 2. The maximum absolute atomic E-state index is 6.63. The van der Waals surface area contributed by atoms with Gasteiger partial charge in [-0.2, -0.15) is 0 Å². The highest BCUT2D eigenvalue weighted by Crippen LogP contribution is 2.29. The van der Waals surface area contributed by atoms with Gasteiger partial charge in [-0.1, -0.05) is 85.8 Å². The van der Waals surface area contributed by atoms with Gasteiger partial charge in [0, 0.05) is 25.6 Å². The number of benzene rings is 3. The van der Waals surface area contributed by atoms with Crippen LogP contribution in [0.3, 0.4) is 0 Å². The lowest BCUT2D eigenvalue weighted by Crippen LogP contribution is -2.40. The Morgan fingerprint density at radius 2 is 1.26 bits per heavy atom. The van der Waals surface area contributed by atoms with Crippen LogP contribution in [0, 0.1) is 5.92 Å². The summed E-state index contributed by atoms with van der Waals surface area (Å²) in [6.07, 6.45) is 8.89. The minimum Gasteiger partial charge on any atom is -0.490 e. The average Bonchev–Trinajstić information content (AvgIpc) is 2.97. The number of likely N-dealkylation sites (tertiary alicyclic amines) is 2. The van der Waals surface area contributed by atoms with Gasteiger partial charge < -0.3 is 14.5 Å². The predicted octanol–water partition coefficient (Wildman–Crippen LogP) is 7.42. The van der Waals surface area contributed by atoms with Crippen molar-refractivity contribution in [1.29, 1.82) is 0 Å². The second-order valence-corrected chi connectivity index (χ2v) is 11.6. The summed E-state index contributed by atoms with van der Waals surface area (Å²) < 4.78 is 6.63. The first-order chi connectivity index (χ1) is 18.7. The molecule has 2 fully saturated rings. The van der Waals surface area contributed by atoms with Crippen LogP contribution in [0.4, 0.5) is 0 Å². The van der Waals surface area contributed by atoms with Crippen LogP contribution in [0.1, 0.15) is 68.1 Å². The van der Waals surface area contributed by atoms with Crippen LogP contribution in [0.5, 0.6) is 5.75 Å². The van der Waals surface area contributed by atoms with Gasteiger partial charge in [0.15, 0.2) is 0 Å². The van der Waals surface area contributed by atoms with E-state index in [2.05, 4.69) is 102 Å². The van der Waals surface area contributed by atoms with Gasteiger partial charge in [0.25, 0.3) is 0 Å². The summed E-state index contributed by atoms with van der Waals surface area (Å²) in [7, 11) is 0. The molecular formula is C35H46N2O. The Kier molecular flexibility index (Phi) is 9.91. The molecule has 2 saturated heterocycles. The average molecular weight is 511 g/mol. The molecule has 0 atom stereocenters. The van der Waals surface area contributed by atoms with E-state index in [-0.39, 0.29) is 0 Å². The fourth-order valence-corrected chi connectivity index (χ4v) is 6.18. The summed E-state index contributed by atoms with van der Waals surface area (Å²) in [5, 5.41) is 0. The van der Waals surface area contributed by atoms with Gasteiger partial charge in [-0.3, -0.25) is 0 Å². The van der Waals surface area contributed by atoms with Crippen molar-refractivity contribution < 1.29 is 4.74 Å². The van der Waals surface area contributed by atoms with Crippen molar-refractivity contribution in [3.05, 3.63) is 102 Å². The summed E-state index contributed by atoms with van der Waals surface area (Å²) in [4.78, 5) is 5.30. The number of hydrogen-bond donors (Lipinski definition) is 0. The van der Waals surface area contributed by atoms with E-state index in [9.17, 15) is 0 Å². The minimum atomic E-state index is 0.314. The summed E-state index contributed by atoms with van der Waals surface area (Å²) in [5.74, 6) is 2.43. The molecule has 0 spiro atoms. The number of nitrogens with zero attached hydrogens (tertiary/aromatic N) is 2. The molecule has 0 radical (unpaired) electrons. The van der Waals surface area contributed by atoms with Gasteiger partial charge in [-0.25, -0.2) is 0 Å². The number of rotatable bonds is 11. The predicted molar refractivity (Wildman–Crippen MR) is 159 cm³/mol. The molecule has 3 aromatic rings. The van der Waals surface area contributed by atoms with Crippen LogP contribution in [0.25, 0.3) is 0 Å². The third-order valence-electron chi connectivity index (χ3n) is 8.69. The zero-order valence-electron chi connectivity index (χ0n) is 23.3. The molecule has 0 saturated carbocycles. The van der Waals surface area contributed by atoms with Crippen molar-refractivity contribution in [2.75, 3.05) is 39.3 Å². The summed E-state index contributed by atoms with van der Waals surface area (Å²) in [6, 6.07) is 30.7. The maximum atomic E-state index is 6.63. The van der Waals surface area contributed by atoms with E-state index in [1.54, 1.807) is 0 Å². The van der Waals surface area contributed by atoms with E-state index >= 15 is 0 Å². The Hall–Kier alpha value is -2.62. The summed E-state index contributed by atoms with van der Waals surface area (Å²) in [6.45, 7) is 9.47. The third-order valence-corrected chi connectivity index (χ3v) is 8.69. The van der Waals surface area contributed by atoms with Crippen molar-refractivity contribution >= 4 is 0 Å². The lowest BCUT2D eigenvalue weighted by atomic mass is 9.90. The van der Waals surface area contributed by atoms with Crippen molar-refractivity contribution in [2.45, 2.75) is 63.9 Å². The molecule has 5 rings (SSSR count). The van der Waals surface area contributed by atoms with Crippen LogP contribution >= 0.6 is 0 Å². The molecule has 0 bridgehead atoms. The standard InChI is InChI=1S/C35H46N2O/c1-29-19-24-36(25-20-29)23-11-10-17-32-16-8-9-18-35(32)38-33-21-26-37(27-22-33)28-34(30-12-4-2-5-13-30)31-14-6-3-7-15-31/h2-9,12-16,18,29,33-34H,10-11,17,19-28H2,1H3. The highest BCUT2D eigenvalue weighted by Gasteiger charge is 2.25. The number of ether oxygens (including phenoxy) is 1. The SMILES string of the molecule is CC1CCN(CCCCc2ccccc2OC2CCN(CC(c3ccccc3)c3ccccc3)CC2)CC1. The second-order valence-electron chi connectivity index (χ2n) is 11.6. The van der Waals surface area contributed by atoms with Gasteiger partial charge in [0.05, 0.1) is 0 Å². The van der Waals surface area contributed by atoms with Crippen LogP contribution in [-0.4, -0.2) is 55.2 Å². The maximum Gasteiger partial charge on any atom is 0.122 e. The first kappa shape index (κ1) is 27.0. The molecule has 3 nitrogen and oxygen atoms in total. The monoisotopic (exact) mass is 510 g/mol. The molecular weight excluding hydrogens is 464 g/mol. The van der Waals surface area contributed by atoms with Crippen molar-refractivity contribution in [2.24, 2.45) is 5.92 Å². The normalized spacial score (nSPS) is 18.2. The highest BCUT2D eigenvalue weighted by atomic mass is 16.5. The second kappa shape index (κ2) is 14.0. The van der Waals surface area contributed by atoms with E-state index in [4.69, 9.17) is 4.74 Å². The zero-order chi connectivity index (χ0) is 26.0. The Bertz CT molecular complexity index is 1030. The number of aryl methyl sites for hydroxylation is 1. The lowest BCUT2D eigenvalue weighted by molar-refractivity contribution is 0.0980. The molecule has 3 heteroatoms. The van der Waals surface area contributed by atoms with Crippen LogP contribution < -0.4 is 4.74 Å². The highest BCUT2D eigenvalue weighted by molar-refractivity contribution is 5.34. The molecule has 0 N–H and O–H groups in total. The fourth-order valence-electron chi connectivity index (χ4n) is 6.18. The molecule has 2 heterocycles. The number of para-hydroxylation sites is 1. The van der Waals surface area contributed by atoms with Gasteiger partial charge >= 0.3 is 0 Å². The van der Waals surface area contributed by atoms with E-state index in [1.807, 2.05) is 0 Å².